The quantitative estimate of drug-likeness (QED) is 0.297. The first-order valence-corrected chi connectivity index (χ1v) is 12.9. The summed E-state index contributed by atoms with van der Waals surface area (Å²) in [5.74, 6) is 0.0495. The Balaban J connectivity index is 1.32. The Bertz CT molecular complexity index is 784. The molecule has 0 aromatic rings. The molecule has 4 fully saturated rings. The molecule has 6 atom stereocenters. The van der Waals surface area contributed by atoms with Crippen LogP contribution in [-0.4, -0.2) is 67.7 Å². The van der Waals surface area contributed by atoms with Crippen LogP contribution in [0.15, 0.2) is 11.6 Å². The van der Waals surface area contributed by atoms with Gasteiger partial charge in [0.25, 0.3) is 0 Å². The van der Waals surface area contributed by atoms with Gasteiger partial charge in [0, 0.05) is 19.6 Å². The van der Waals surface area contributed by atoms with Crippen LogP contribution < -0.4 is 11.1 Å². The third-order valence-electron chi connectivity index (χ3n) is 8.37. The predicted octanol–water partition coefficient (Wildman–Crippen LogP) is 2.63. The maximum Gasteiger partial charge on any atom is 0.306 e. The van der Waals surface area contributed by atoms with Crippen LogP contribution in [0.1, 0.15) is 72.1 Å². The smallest absolute Gasteiger partial charge is 0.306 e. The summed E-state index contributed by atoms with van der Waals surface area (Å²) in [5, 5.41) is 2.95. The Morgan fingerprint density at radius 2 is 1.88 bits per heavy atom. The number of epoxide rings is 2. The number of hydrogen-bond donors (Lipinski definition) is 2. The minimum Gasteiger partial charge on any atom is -0.460 e. The molecule has 0 bridgehead atoms. The van der Waals surface area contributed by atoms with Crippen molar-refractivity contribution in [3.05, 3.63) is 11.6 Å². The van der Waals surface area contributed by atoms with E-state index in [2.05, 4.69) is 32.2 Å². The standard InChI is InChI=1S/C26H42N2O6/c1-16(2)5-10-20-25(3,34-20)24-23(31-4)19(11-12-26(24)15-32-26)33-22(30)13-17-6-8-18(9-7-17)28-21(29)14-27/h5,17-20,23-24H,6-15,27H2,1-4H3,(H,28,29)/t17?,18?,19?,20-,23?,24?,25?,26+/m1/s1. The van der Waals surface area contributed by atoms with E-state index in [-0.39, 0.29) is 65.8 Å². The molecule has 8 heteroatoms. The van der Waals surface area contributed by atoms with Gasteiger partial charge in [-0.1, -0.05) is 11.6 Å². The van der Waals surface area contributed by atoms with Gasteiger partial charge in [0.1, 0.15) is 23.4 Å². The zero-order chi connectivity index (χ0) is 24.5. The van der Waals surface area contributed by atoms with E-state index in [1.54, 1.807) is 7.11 Å². The van der Waals surface area contributed by atoms with Gasteiger partial charge in [-0.2, -0.15) is 0 Å². The number of nitrogens with one attached hydrogen (secondary N) is 1. The molecule has 192 valence electrons. The van der Waals surface area contributed by atoms with Crippen molar-refractivity contribution in [2.24, 2.45) is 17.6 Å². The molecule has 2 saturated heterocycles. The monoisotopic (exact) mass is 478 g/mol. The molecule has 4 unspecified atom stereocenters. The predicted molar refractivity (Wildman–Crippen MR) is 127 cm³/mol. The fraction of sp³-hybridized carbons (Fsp3) is 0.846. The van der Waals surface area contributed by atoms with Crippen LogP contribution >= 0.6 is 0 Å². The average molecular weight is 479 g/mol. The van der Waals surface area contributed by atoms with Gasteiger partial charge in [-0.25, -0.2) is 0 Å². The highest BCUT2D eigenvalue weighted by atomic mass is 16.6. The van der Waals surface area contributed by atoms with Crippen molar-refractivity contribution in [3.8, 4) is 0 Å². The fourth-order valence-corrected chi connectivity index (χ4v) is 6.32. The van der Waals surface area contributed by atoms with Crippen LogP contribution in [0.2, 0.25) is 0 Å². The van der Waals surface area contributed by atoms with Crippen molar-refractivity contribution in [3.63, 3.8) is 0 Å². The van der Waals surface area contributed by atoms with Crippen molar-refractivity contribution in [1.29, 1.82) is 0 Å². The Kier molecular flexibility index (Phi) is 7.72. The van der Waals surface area contributed by atoms with Crippen molar-refractivity contribution in [2.45, 2.75) is 108 Å². The van der Waals surface area contributed by atoms with Gasteiger partial charge in [0.15, 0.2) is 0 Å². The molecule has 2 aliphatic carbocycles. The molecule has 2 aliphatic heterocycles. The summed E-state index contributed by atoms with van der Waals surface area (Å²) >= 11 is 0. The molecule has 0 aromatic carbocycles. The van der Waals surface area contributed by atoms with E-state index in [4.69, 9.17) is 24.7 Å². The molecule has 4 aliphatic rings. The van der Waals surface area contributed by atoms with Crippen LogP contribution in [0.25, 0.3) is 0 Å². The van der Waals surface area contributed by atoms with Crippen molar-refractivity contribution in [2.75, 3.05) is 20.3 Å². The maximum absolute atomic E-state index is 12.9. The summed E-state index contributed by atoms with van der Waals surface area (Å²) in [6.07, 6.45) is 8.26. The van der Waals surface area contributed by atoms with E-state index >= 15 is 0 Å². The van der Waals surface area contributed by atoms with E-state index < -0.39 is 0 Å². The van der Waals surface area contributed by atoms with Crippen LogP contribution in [0, 0.1) is 11.8 Å². The van der Waals surface area contributed by atoms with Gasteiger partial charge >= 0.3 is 5.97 Å². The second-order valence-corrected chi connectivity index (χ2v) is 11.1. The number of carbonyl (C=O) groups is 2. The topological polar surface area (TPSA) is 116 Å². The molecule has 1 amide bonds. The molecule has 2 saturated carbocycles. The summed E-state index contributed by atoms with van der Waals surface area (Å²) in [6, 6.07) is 0.161. The zero-order valence-electron chi connectivity index (χ0n) is 21.1. The molecular formula is C26H42N2O6. The number of nitrogens with two attached hydrogens (primary N) is 1. The Morgan fingerprint density at radius 1 is 1.18 bits per heavy atom. The number of methoxy groups -OCH3 is 1. The van der Waals surface area contributed by atoms with Gasteiger partial charge in [-0.3, -0.25) is 9.59 Å². The molecule has 4 rings (SSSR count). The summed E-state index contributed by atoms with van der Waals surface area (Å²) in [6.45, 7) is 7.09. The molecule has 0 aromatic heterocycles. The van der Waals surface area contributed by atoms with Crippen molar-refractivity contribution < 1.29 is 28.5 Å². The molecule has 34 heavy (non-hydrogen) atoms. The van der Waals surface area contributed by atoms with E-state index in [1.807, 2.05) is 0 Å². The zero-order valence-corrected chi connectivity index (χ0v) is 21.1. The molecule has 0 radical (unpaired) electrons. The minimum absolute atomic E-state index is 0.0153. The number of ether oxygens (including phenoxy) is 4. The number of esters is 1. The van der Waals surface area contributed by atoms with E-state index in [1.165, 1.54) is 5.57 Å². The minimum atomic E-state index is -0.333. The van der Waals surface area contributed by atoms with Crippen LogP contribution in [-0.2, 0) is 28.5 Å². The number of allylic oxidation sites excluding steroid dienone is 1. The lowest BCUT2D eigenvalue weighted by atomic mass is 9.68. The van der Waals surface area contributed by atoms with E-state index in [0.29, 0.717) is 6.42 Å². The Hall–Kier alpha value is -1.48. The van der Waals surface area contributed by atoms with Crippen LogP contribution in [0.4, 0.5) is 0 Å². The molecule has 8 nitrogen and oxygen atoms in total. The van der Waals surface area contributed by atoms with E-state index in [9.17, 15) is 9.59 Å². The SMILES string of the molecule is COC1C(OC(=O)CC2CCC(NC(=O)CN)CC2)CC[C@]2(CO2)C1C1(C)O[C@@H]1CC=C(C)C. The average Bonchev–Trinajstić information content (AvgIpc) is 3.72. The van der Waals surface area contributed by atoms with Gasteiger partial charge in [0.05, 0.1) is 25.2 Å². The highest BCUT2D eigenvalue weighted by Gasteiger charge is 2.72. The third kappa shape index (κ3) is 5.50. The first kappa shape index (κ1) is 25.6. The maximum atomic E-state index is 12.9. The largest absolute Gasteiger partial charge is 0.460 e. The first-order valence-electron chi connectivity index (χ1n) is 12.9. The highest BCUT2D eigenvalue weighted by Crippen LogP contribution is 2.59. The summed E-state index contributed by atoms with van der Waals surface area (Å²) in [4.78, 5) is 24.4. The Labute approximate surface area is 203 Å². The third-order valence-corrected chi connectivity index (χ3v) is 8.37. The van der Waals surface area contributed by atoms with Gasteiger partial charge < -0.3 is 30.0 Å². The van der Waals surface area contributed by atoms with Gasteiger partial charge in [-0.05, 0) is 71.6 Å². The van der Waals surface area contributed by atoms with Crippen LogP contribution in [0.5, 0.6) is 0 Å². The molecule has 1 spiro atoms. The molecule has 2 heterocycles. The summed E-state index contributed by atoms with van der Waals surface area (Å²) in [5.41, 5.74) is 6.12. The van der Waals surface area contributed by atoms with Gasteiger partial charge in [-0.15, -0.1) is 0 Å². The van der Waals surface area contributed by atoms with Crippen LogP contribution in [0.3, 0.4) is 0 Å². The number of hydrogen-bond acceptors (Lipinski definition) is 7. The lowest BCUT2D eigenvalue weighted by molar-refractivity contribution is -0.173. The van der Waals surface area contributed by atoms with Crippen molar-refractivity contribution in [1.82, 2.24) is 5.32 Å². The number of rotatable bonds is 9. The lowest BCUT2D eigenvalue weighted by Gasteiger charge is -2.42. The van der Waals surface area contributed by atoms with Gasteiger partial charge in [0.2, 0.25) is 5.91 Å². The molecule has 3 N–H and O–H groups in total. The second-order valence-electron chi connectivity index (χ2n) is 11.1. The summed E-state index contributed by atoms with van der Waals surface area (Å²) < 4.78 is 24.3. The first-order chi connectivity index (χ1) is 16.2. The summed E-state index contributed by atoms with van der Waals surface area (Å²) in [7, 11) is 1.70. The van der Waals surface area contributed by atoms with E-state index in [0.717, 1.165) is 51.6 Å². The number of amides is 1. The Morgan fingerprint density at radius 3 is 2.47 bits per heavy atom. The second kappa shape index (κ2) is 10.2. The number of carbonyl (C=O) groups excluding carboxylic acids is 2. The normalized spacial score (nSPS) is 41.0. The lowest BCUT2D eigenvalue weighted by Crippen LogP contribution is -2.55. The highest BCUT2D eigenvalue weighted by molar-refractivity contribution is 5.78. The van der Waals surface area contributed by atoms with Crippen molar-refractivity contribution >= 4 is 11.9 Å². The molecular weight excluding hydrogens is 436 g/mol. The fourth-order valence-electron chi connectivity index (χ4n) is 6.32.